The van der Waals surface area contributed by atoms with Crippen LogP contribution in [0.1, 0.15) is 30.5 Å². The Bertz CT molecular complexity index is 357. The van der Waals surface area contributed by atoms with Gasteiger partial charge in [0.05, 0.1) is 0 Å². The summed E-state index contributed by atoms with van der Waals surface area (Å²) in [6.45, 7) is 9.90. The van der Waals surface area contributed by atoms with Crippen molar-refractivity contribution < 1.29 is 5.11 Å². The molecule has 0 aliphatic rings. The van der Waals surface area contributed by atoms with E-state index in [1.165, 1.54) is 5.56 Å². The first-order valence-corrected chi connectivity index (χ1v) is 6.66. The van der Waals surface area contributed by atoms with Crippen molar-refractivity contribution in [3.8, 4) is 5.75 Å². The van der Waals surface area contributed by atoms with E-state index in [-0.39, 0.29) is 0 Å². The molecule has 0 bridgehead atoms. The van der Waals surface area contributed by atoms with Gasteiger partial charge in [0.1, 0.15) is 5.75 Å². The molecule has 0 amide bonds. The lowest BCUT2D eigenvalue weighted by Gasteiger charge is -2.20. The minimum atomic E-state index is 0.459. The SMILES string of the molecule is CCN(C)Cc1cc(C)cc(CN(C)CC)c1O. The highest BCUT2D eigenvalue weighted by atomic mass is 16.3. The summed E-state index contributed by atoms with van der Waals surface area (Å²) in [5, 5.41) is 10.3. The van der Waals surface area contributed by atoms with E-state index in [0.29, 0.717) is 5.75 Å². The van der Waals surface area contributed by atoms with E-state index in [4.69, 9.17) is 0 Å². The molecule has 1 N–H and O–H groups in total. The zero-order chi connectivity index (χ0) is 13.7. The van der Waals surface area contributed by atoms with E-state index in [1.54, 1.807) is 0 Å². The summed E-state index contributed by atoms with van der Waals surface area (Å²) in [5.41, 5.74) is 3.27. The van der Waals surface area contributed by atoms with Crippen molar-refractivity contribution in [2.75, 3.05) is 27.2 Å². The second-order valence-electron chi connectivity index (χ2n) is 5.09. The molecular weight excluding hydrogens is 224 g/mol. The van der Waals surface area contributed by atoms with Crippen molar-refractivity contribution in [2.24, 2.45) is 0 Å². The van der Waals surface area contributed by atoms with E-state index in [9.17, 15) is 5.11 Å². The van der Waals surface area contributed by atoms with Gasteiger partial charge in [0, 0.05) is 24.2 Å². The number of hydrogen-bond acceptors (Lipinski definition) is 3. The first-order chi connectivity index (χ1) is 8.47. The maximum Gasteiger partial charge on any atom is 0.124 e. The Kier molecular flexibility index (Phi) is 5.63. The molecule has 0 spiro atoms. The Balaban J connectivity index is 2.98. The van der Waals surface area contributed by atoms with E-state index in [2.05, 4.69) is 56.8 Å². The lowest BCUT2D eigenvalue weighted by atomic mass is 10.0. The number of rotatable bonds is 6. The number of nitrogens with zero attached hydrogens (tertiary/aromatic N) is 2. The quantitative estimate of drug-likeness (QED) is 0.840. The molecule has 0 atom stereocenters. The standard InChI is InChI=1S/C15H26N2O/c1-6-16(4)10-13-8-12(3)9-14(15(13)18)11-17(5)7-2/h8-9,18H,6-7,10-11H2,1-5H3. The van der Waals surface area contributed by atoms with E-state index in [1.807, 2.05) is 0 Å². The molecule has 3 nitrogen and oxygen atoms in total. The van der Waals surface area contributed by atoms with E-state index < -0.39 is 0 Å². The van der Waals surface area contributed by atoms with Gasteiger partial charge in [-0.05, 0) is 34.1 Å². The van der Waals surface area contributed by atoms with Crippen molar-refractivity contribution >= 4 is 0 Å². The van der Waals surface area contributed by atoms with Crippen LogP contribution in [0.25, 0.3) is 0 Å². The summed E-state index contributed by atoms with van der Waals surface area (Å²) in [4.78, 5) is 4.39. The Morgan fingerprint density at radius 2 is 1.33 bits per heavy atom. The third kappa shape index (κ3) is 4.00. The summed E-state index contributed by atoms with van der Waals surface area (Å²) in [6, 6.07) is 4.16. The van der Waals surface area contributed by atoms with Crippen LogP contribution >= 0.6 is 0 Å². The Labute approximate surface area is 111 Å². The second kappa shape index (κ2) is 6.76. The van der Waals surface area contributed by atoms with E-state index >= 15 is 0 Å². The second-order valence-corrected chi connectivity index (χ2v) is 5.09. The Morgan fingerprint density at radius 1 is 0.944 bits per heavy atom. The highest BCUT2D eigenvalue weighted by Crippen LogP contribution is 2.26. The number of phenols is 1. The van der Waals surface area contributed by atoms with Crippen LogP contribution in [0.2, 0.25) is 0 Å². The van der Waals surface area contributed by atoms with Gasteiger partial charge in [-0.15, -0.1) is 0 Å². The molecule has 102 valence electrons. The summed E-state index contributed by atoms with van der Waals surface area (Å²) in [5.74, 6) is 0.459. The zero-order valence-corrected chi connectivity index (χ0v) is 12.3. The van der Waals surface area contributed by atoms with Crippen LogP contribution in [0, 0.1) is 6.92 Å². The molecule has 0 aliphatic heterocycles. The van der Waals surface area contributed by atoms with Crippen molar-refractivity contribution in [3.05, 3.63) is 28.8 Å². The number of phenolic OH excluding ortho intramolecular Hbond substituents is 1. The average Bonchev–Trinajstić information content (AvgIpc) is 2.34. The Hall–Kier alpha value is -1.06. The van der Waals surface area contributed by atoms with Crippen LogP contribution in [0.15, 0.2) is 12.1 Å². The van der Waals surface area contributed by atoms with Gasteiger partial charge in [0.2, 0.25) is 0 Å². The first-order valence-electron chi connectivity index (χ1n) is 6.66. The largest absolute Gasteiger partial charge is 0.507 e. The molecule has 0 aromatic heterocycles. The molecule has 3 heteroatoms. The fourth-order valence-electron chi connectivity index (χ4n) is 1.98. The number of aromatic hydroxyl groups is 1. The predicted molar refractivity (Wildman–Crippen MR) is 76.9 cm³/mol. The highest BCUT2D eigenvalue weighted by molar-refractivity contribution is 5.43. The smallest absolute Gasteiger partial charge is 0.124 e. The first kappa shape index (κ1) is 15.0. The molecule has 0 saturated carbocycles. The van der Waals surface area contributed by atoms with Crippen molar-refractivity contribution in [2.45, 2.75) is 33.9 Å². The maximum atomic E-state index is 10.3. The topological polar surface area (TPSA) is 26.7 Å². The lowest BCUT2D eigenvalue weighted by molar-refractivity contribution is 0.324. The summed E-state index contributed by atoms with van der Waals surface area (Å²) in [7, 11) is 4.14. The zero-order valence-electron chi connectivity index (χ0n) is 12.3. The predicted octanol–water partition coefficient (Wildman–Crippen LogP) is 2.60. The molecular formula is C15H26N2O. The van der Waals surface area contributed by atoms with Crippen molar-refractivity contribution in [3.63, 3.8) is 0 Å². The lowest BCUT2D eigenvalue weighted by Crippen LogP contribution is -2.19. The minimum absolute atomic E-state index is 0.459. The van der Waals surface area contributed by atoms with Crippen LogP contribution in [0.4, 0.5) is 0 Å². The van der Waals surface area contributed by atoms with Crippen molar-refractivity contribution in [1.82, 2.24) is 9.80 Å². The monoisotopic (exact) mass is 250 g/mol. The molecule has 1 aromatic carbocycles. The average molecular weight is 250 g/mol. The van der Waals surface area contributed by atoms with Gasteiger partial charge in [-0.1, -0.05) is 31.5 Å². The summed E-state index contributed by atoms with van der Waals surface area (Å²) in [6.07, 6.45) is 0. The molecule has 18 heavy (non-hydrogen) atoms. The number of aryl methyl sites for hydroxylation is 1. The van der Waals surface area contributed by atoms with E-state index in [0.717, 1.165) is 37.3 Å². The maximum absolute atomic E-state index is 10.3. The number of hydrogen-bond donors (Lipinski definition) is 1. The minimum Gasteiger partial charge on any atom is -0.507 e. The third-order valence-electron chi connectivity index (χ3n) is 3.37. The van der Waals surface area contributed by atoms with Crippen LogP contribution in [0.3, 0.4) is 0 Å². The van der Waals surface area contributed by atoms with Crippen LogP contribution in [-0.2, 0) is 13.1 Å². The van der Waals surface area contributed by atoms with Gasteiger partial charge >= 0.3 is 0 Å². The van der Waals surface area contributed by atoms with Gasteiger partial charge in [-0.2, -0.15) is 0 Å². The van der Waals surface area contributed by atoms with Gasteiger partial charge in [0.25, 0.3) is 0 Å². The van der Waals surface area contributed by atoms with Crippen molar-refractivity contribution in [1.29, 1.82) is 0 Å². The molecule has 1 aromatic rings. The molecule has 1 rings (SSSR count). The fraction of sp³-hybridized carbons (Fsp3) is 0.600. The molecule has 0 saturated heterocycles. The third-order valence-corrected chi connectivity index (χ3v) is 3.37. The molecule has 0 heterocycles. The Morgan fingerprint density at radius 3 is 1.67 bits per heavy atom. The summed E-state index contributed by atoms with van der Waals surface area (Å²) < 4.78 is 0. The van der Waals surface area contributed by atoms with Crippen LogP contribution in [0.5, 0.6) is 5.75 Å². The highest BCUT2D eigenvalue weighted by Gasteiger charge is 2.11. The van der Waals surface area contributed by atoms with Gasteiger partial charge in [-0.3, -0.25) is 0 Å². The van der Waals surface area contributed by atoms with Gasteiger partial charge < -0.3 is 14.9 Å². The van der Waals surface area contributed by atoms with Crippen LogP contribution in [-0.4, -0.2) is 42.1 Å². The number of benzene rings is 1. The molecule has 0 radical (unpaired) electrons. The molecule has 0 unspecified atom stereocenters. The van der Waals surface area contributed by atoms with Crippen LogP contribution < -0.4 is 0 Å². The molecule has 0 aliphatic carbocycles. The van der Waals surface area contributed by atoms with Gasteiger partial charge in [0.15, 0.2) is 0 Å². The fourth-order valence-corrected chi connectivity index (χ4v) is 1.98. The van der Waals surface area contributed by atoms with Gasteiger partial charge in [-0.25, -0.2) is 0 Å². The normalized spacial score (nSPS) is 11.5. The summed E-state index contributed by atoms with van der Waals surface area (Å²) >= 11 is 0. The molecule has 0 fully saturated rings.